The Morgan fingerprint density at radius 1 is 1.12 bits per heavy atom. The first-order chi connectivity index (χ1) is 7.58. The summed E-state index contributed by atoms with van der Waals surface area (Å²) in [6.07, 6.45) is 9.53. The summed E-state index contributed by atoms with van der Waals surface area (Å²) in [5, 5.41) is 0. The molecule has 16 heavy (non-hydrogen) atoms. The summed E-state index contributed by atoms with van der Waals surface area (Å²) in [5.74, 6) is 1.86. The molecule has 4 heteroatoms. The van der Waals surface area contributed by atoms with E-state index in [4.69, 9.17) is 7.85 Å². The summed E-state index contributed by atoms with van der Waals surface area (Å²) in [6, 6.07) is 1.81. The van der Waals surface area contributed by atoms with E-state index in [1.54, 1.807) is 0 Å². The normalized spacial score (nSPS) is 53.3. The zero-order valence-electron chi connectivity index (χ0n) is 10.2. The minimum atomic E-state index is -0.0527. The molecule has 0 amide bonds. The quantitative estimate of drug-likeness (QED) is 0.487. The van der Waals surface area contributed by atoms with Crippen LogP contribution in [0.1, 0.15) is 44.9 Å². The Morgan fingerprint density at radius 3 is 2.62 bits per heavy atom. The van der Waals surface area contributed by atoms with Gasteiger partial charge in [-0.05, 0) is 60.2 Å². The average molecular weight is 296 g/mol. The lowest BCUT2D eigenvalue weighted by Crippen LogP contribution is -2.42. The van der Waals surface area contributed by atoms with Crippen molar-refractivity contribution in [2.24, 2.45) is 11.8 Å². The Hall–Kier alpha value is 1.04. The van der Waals surface area contributed by atoms with Crippen LogP contribution in [-0.2, 0) is 0 Å². The fraction of sp³-hybridized carbons (Fsp3) is 1.00. The highest BCUT2D eigenvalue weighted by molar-refractivity contribution is 9.10. The smallest absolute Gasteiger partial charge is 0.322 e. The number of fused-ring (bicyclic) bond motifs is 3. The van der Waals surface area contributed by atoms with Crippen molar-refractivity contribution in [3.63, 3.8) is 0 Å². The van der Waals surface area contributed by atoms with Gasteiger partial charge in [0.05, 0.1) is 7.85 Å². The molecule has 0 aromatic rings. The Morgan fingerprint density at radius 2 is 1.81 bits per heavy atom. The maximum absolute atomic E-state index is 6.31. The van der Waals surface area contributed by atoms with Crippen molar-refractivity contribution in [3.8, 4) is 0 Å². The van der Waals surface area contributed by atoms with Gasteiger partial charge in [-0.3, -0.25) is 0 Å². The third-order valence-corrected chi connectivity index (χ3v) is 7.35. The number of rotatable bonds is 0. The monoisotopic (exact) mass is 295 g/mol. The standard InChI is InChI=1S/C12H18BBrN.Al.2H/c13-12(14)6-5-11-9(7-12)8-3-1-2-4-10(8)15-11;;;/h8-11H,1-7H2;;;/q-1;+1;;. The highest BCUT2D eigenvalue weighted by Gasteiger charge is 2.50. The molecule has 3 rings (SSSR count). The number of hydrogen-bond acceptors (Lipinski definition) is 1. The van der Waals surface area contributed by atoms with E-state index in [1.165, 1.54) is 55.0 Å². The largest absolute Gasteiger partial charge is 0.385 e. The van der Waals surface area contributed by atoms with Gasteiger partial charge in [0, 0.05) is 0 Å². The first kappa shape index (κ1) is 12.1. The zero-order chi connectivity index (χ0) is 11.3. The van der Waals surface area contributed by atoms with Crippen molar-refractivity contribution < 1.29 is 0 Å². The summed E-state index contributed by atoms with van der Waals surface area (Å²) in [5.41, 5.74) is 0. The van der Waals surface area contributed by atoms with Gasteiger partial charge in [-0.15, -0.1) is 0 Å². The van der Waals surface area contributed by atoms with Gasteiger partial charge in [-0.2, -0.15) is 0 Å². The van der Waals surface area contributed by atoms with E-state index >= 15 is 0 Å². The second-order valence-corrected chi connectivity index (χ2v) is 8.80. The molecular weight excluding hydrogens is 276 g/mol. The molecule has 0 spiro atoms. The van der Waals surface area contributed by atoms with E-state index in [-0.39, 0.29) is 4.22 Å². The summed E-state index contributed by atoms with van der Waals surface area (Å²) < 4.78 is 2.78. The maximum atomic E-state index is 6.31. The van der Waals surface area contributed by atoms with Crippen molar-refractivity contribution >= 4 is 40.3 Å². The molecule has 2 aliphatic carbocycles. The van der Waals surface area contributed by atoms with Gasteiger partial charge < -0.3 is 3.88 Å². The molecule has 2 saturated carbocycles. The number of nitrogens with zero attached hydrogens (tertiary/aromatic N) is 1. The zero-order valence-corrected chi connectivity index (χ0v) is 13.7. The van der Waals surface area contributed by atoms with Gasteiger partial charge in [0.2, 0.25) is 0 Å². The van der Waals surface area contributed by atoms with E-state index in [1.807, 2.05) is 0 Å². The molecule has 0 N–H and O–H groups in total. The summed E-state index contributed by atoms with van der Waals surface area (Å²) in [4.78, 5) is 0. The fourth-order valence-electron chi connectivity index (χ4n) is 4.57. The highest BCUT2D eigenvalue weighted by atomic mass is 79.9. The Labute approximate surface area is 117 Å². The van der Waals surface area contributed by atoms with Crippen LogP contribution in [0.4, 0.5) is 0 Å². The Bertz CT molecular complexity index is 286. The molecule has 0 bridgehead atoms. The molecule has 1 saturated heterocycles. The van der Waals surface area contributed by atoms with Gasteiger partial charge in [0.1, 0.15) is 0 Å². The van der Waals surface area contributed by atoms with Crippen LogP contribution in [0.25, 0.3) is 0 Å². The van der Waals surface area contributed by atoms with Gasteiger partial charge >= 0.3 is 16.5 Å². The second kappa shape index (κ2) is 4.30. The minimum absolute atomic E-state index is 0.0527. The van der Waals surface area contributed by atoms with Crippen LogP contribution in [-0.4, -0.2) is 44.5 Å². The lowest BCUT2D eigenvalue weighted by Gasteiger charge is -2.40. The third kappa shape index (κ3) is 1.94. The Kier molecular flexibility index (Phi) is 3.25. The van der Waals surface area contributed by atoms with Gasteiger partial charge in [0.15, 0.2) is 0 Å². The first-order valence-corrected chi connectivity index (χ1v) is 8.47. The number of alkyl halides is 1. The van der Waals surface area contributed by atoms with Crippen molar-refractivity contribution in [3.05, 3.63) is 0 Å². The van der Waals surface area contributed by atoms with E-state index in [0.29, 0.717) is 0 Å². The minimum Gasteiger partial charge on any atom is -0.385 e. The predicted octanol–water partition coefficient (Wildman–Crippen LogP) is 1.84. The molecule has 86 valence electrons. The molecule has 0 aromatic carbocycles. The molecule has 3 fully saturated rings. The molecule has 1 heterocycles. The molecule has 5 unspecified atom stereocenters. The summed E-state index contributed by atoms with van der Waals surface area (Å²) in [6.45, 7) is 0. The van der Waals surface area contributed by atoms with E-state index in [9.17, 15) is 0 Å². The molecule has 1 nitrogen and oxygen atoms in total. The van der Waals surface area contributed by atoms with E-state index < -0.39 is 0 Å². The van der Waals surface area contributed by atoms with E-state index in [2.05, 4.69) is 19.8 Å². The van der Waals surface area contributed by atoms with Crippen molar-refractivity contribution in [1.29, 1.82) is 0 Å². The molecule has 5 atom stereocenters. The average Bonchev–Trinajstić information content (AvgIpc) is 2.52. The lowest BCUT2D eigenvalue weighted by atomic mass is 9.65. The van der Waals surface area contributed by atoms with Crippen LogP contribution in [0, 0.1) is 11.8 Å². The molecule has 2 radical (unpaired) electrons. The van der Waals surface area contributed by atoms with Crippen LogP contribution in [0.2, 0.25) is 0 Å². The van der Waals surface area contributed by atoms with Gasteiger partial charge in [0.25, 0.3) is 0 Å². The SMILES string of the molecule is [B]C1(Br)CCC2C(C1)C1CCCCC1[N]2[AlH2]. The molecule has 1 aliphatic heterocycles. The van der Waals surface area contributed by atoms with E-state index in [0.717, 1.165) is 30.3 Å². The molecular formula is C12H20AlBBrN. The number of hydrogen-bond donors (Lipinski definition) is 0. The predicted molar refractivity (Wildman–Crippen MR) is 74.7 cm³/mol. The Balaban J connectivity index is 1.83. The van der Waals surface area contributed by atoms with Crippen LogP contribution >= 0.6 is 15.9 Å². The van der Waals surface area contributed by atoms with Crippen LogP contribution < -0.4 is 0 Å². The number of halogens is 1. The van der Waals surface area contributed by atoms with Crippen molar-refractivity contribution in [2.75, 3.05) is 0 Å². The highest BCUT2D eigenvalue weighted by Crippen LogP contribution is 2.51. The van der Waals surface area contributed by atoms with Crippen LogP contribution in [0.5, 0.6) is 0 Å². The van der Waals surface area contributed by atoms with Gasteiger partial charge in [-0.25, -0.2) is 0 Å². The second-order valence-electron chi connectivity index (χ2n) is 6.19. The van der Waals surface area contributed by atoms with Crippen molar-refractivity contribution in [1.82, 2.24) is 3.88 Å². The fourth-order valence-corrected chi connectivity index (χ4v) is 6.45. The topological polar surface area (TPSA) is 3.24 Å². The molecule has 3 aliphatic rings. The van der Waals surface area contributed by atoms with Crippen LogP contribution in [0.15, 0.2) is 0 Å². The van der Waals surface area contributed by atoms with Gasteiger partial charge in [-0.1, -0.05) is 28.8 Å². The molecule has 0 aromatic heterocycles. The maximum Gasteiger partial charge on any atom is 0.322 e. The van der Waals surface area contributed by atoms with Crippen LogP contribution in [0.3, 0.4) is 0 Å². The lowest BCUT2D eigenvalue weighted by molar-refractivity contribution is 0.228. The summed E-state index contributed by atoms with van der Waals surface area (Å²) in [7, 11) is 6.31. The third-order valence-electron chi connectivity index (χ3n) is 5.30. The van der Waals surface area contributed by atoms with Crippen molar-refractivity contribution in [2.45, 2.75) is 61.3 Å². The summed E-state index contributed by atoms with van der Waals surface area (Å²) >= 11 is 4.99. The first-order valence-electron chi connectivity index (χ1n) is 6.78.